The first-order chi connectivity index (χ1) is 8.29. The van der Waals surface area contributed by atoms with Crippen LogP contribution in [-0.2, 0) is 4.79 Å². The number of thiazole rings is 1. The normalized spacial score (nSPS) is 10.6. The SMILES string of the molecule is O=C(CSc1nc2ccccc2s1)NCCO. The molecule has 6 heteroatoms. The average molecular weight is 268 g/mol. The van der Waals surface area contributed by atoms with Gasteiger partial charge < -0.3 is 10.4 Å². The van der Waals surface area contributed by atoms with Crippen molar-refractivity contribution in [3.63, 3.8) is 0 Å². The number of thioether (sulfide) groups is 1. The highest BCUT2D eigenvalue weighted by Gasteiger charge is 2.06. The van der Waals surface area contributed by atoms with Gasteiger partial charge in [0.25, 0.3) is 0 Å². The Labute approximate surface area is 107 Å². The Morgan fingerprint density at radius 3 is 3.06 bits per heavy atom. The number of aliphatic hydroxyl groups is 1. The molecular formula is C11H12N2O2S2. The van der Waals surface area contributed by atoms with E-state index >= 15 is 0 Å². The van der Waals surface area contributed by atoms with Crippen LogP contribution in [0, 0.1) is 0 Å². The van der Waals surface area contributed by atoms with Crippen LogP contribution < -0.4 is 5.32 Å². The second-order valence-corrected chi connectivity index (χ2v) is 5.56. The lowest BCUT2D eigenvalue weighted by Crippen LogP contribution is -2.27. The third kappa shape index (κ3) is 3.42. The number of rotatable bonds is 5. The zero-order chi connectivity index (χ0) is 12.1. The summed E-state index contributed by atoms with van der Waals surface area (Å²) in [6.07, 6.45) is 0. The van der Waals surface area contributed by atoms with Gasteiger partial charge in [-0.3, -0.25) is 4.79 Å². The fourth-order valence-corrected chi connectivity index (χ4v) is 3.18. The van der Waals surface area contributed by atoms with E-state index in [4.69, 9.17) is 5.11 Å². The van der Waals surface area contributed by atoms with Crippen molar-refractivity contribution in [2.24, 2.45) is 0 Å². The van der Waals surface area contributed by atoms with E-state index in [1.807, 2.05) is 24.3 Å². The topological polar surface area (TPSA) is 62.2 Å². The highest BCUT2D eigenvalue weighted by molar-refractivity contribution is 8.01. The summed E-state index contributed by atoms with van der Waals surface area (Å²) >= 11 is 3.00. The molecule has 0 spiro atoms. The van der Waals surface area contributed by atoms with Crippen LogP contribution in [0.3, 0.4) is 0 Å². The highest BCUT2D eigenvalue weighted by atomic mass is 32.2. The Hall–Kier alpha value is -1.11. The minimum atomic E-state index is -0.0803. The Kier molecular flexibility index (Phi) is 4.36. The summed E-state index contributed by atoms with van der Waals surface area (Å²) in [7, 11) is 0. The van der Waals surface area contributed by atoms with Gasteiger partial charge >= 0.3 is 0 Å². The molecule has 90 valence electrons. The number of hydrogen-bond donors (Lipinski definition) is 2. The molecule has 2 N–H and O–H groups in total. The second kappa shape index (κ2) is 6.00. The average Bonchev–Trinajstić information content (AvgIpc) is 2.76. The van der Waals surface area contributed by atoms with Gasteiger partial charge in [0.05, 0.1) is 22.6 Å². The zero-order valence-corrected chi connectivity index (χ0v) is 10.7. The number of hydrogen-bond acceptors (Lipinski definition) is 5. The largest absolute Gasteiger partial charge is 0.395 e. The molecule has 0 saturated heterocycles. The molecule has 4 nitrogen and oxygen atoms in total. The molecule has 0 fully saturated rings. The molecule has 2 rings (SSSR count). The summed E-state index contributed by atoms with van der Waals surface area (Å²) in [5.74, 6) is 0.253. The molecule has 0 aliphatic rings. The van der Waals surface area contributed by atoms with Crippen LogP contribution >= 0.6 is 23.1 Å². The summed E-state index contributed by atoms with van der Waals surface area (Å²) in [5, 5.41) is 11.2. The predicted octanol–water partition coefficient (Wildman–Crippen LogP) is 1.50. The number of para-hydroxylation sites is 1. The maximum atomic E-state index is 11.3. The standard InChI is InChI=1S/C11H12N2O2S2/c14-6-5-12-10(15)7-16-11-13-8-3-1-2-4-9(8)17-11/h1-4,14H,5-7H2,(H,12,15). The minimum absolute atomic E-state index is 0.0302. The van der Waals surface area contributed by atoms with Crippen molar-refractivity contribution in [3.8, 4) is 0 Å². The lowest BCUT2D eigenvalue weighted by Gasteiger charge is -2.00. The van der Waals surface area contributed by atoms with Gasteiger partial charge in [-0.15, -0.1) is 11.3 Å². The molecule has 2 aromatic rings. The summed E-state index contributed by atoms with van der Waals surface area (Å²) in [4.78, 5) is 15.7. The Morgan fingerprint density at radius 1 is 1.47 bits per heavy atom. The molecule has 1 amide bonds. The third-order valence-electron chi connectivity index (χ3n) is 2.03. The maximum absolute atomic E-state index is 11.3. The van der Waals surface area contributed by atoms with Gasteiger partial charge in [0.15, 0.2) is 4.34 Å². The molecule has 0 bridgehead atoms. The summed E-state index contributed by atoms with van der Waals surface area (Å²) < 4.78 is 2.02. The van der Waals surface area contributed by atoms with E-state index < -0.39 is 0 Å². The van der Waals surface area contributed by atoms with Gasteiger partial charge in [0.1, 0.15) is 0 Å². The quantitative estimate of drug-likeness (QED) is 0.807. The van der Waals surface area contributed by atoms with Crippen molar-refractivity contribution in [2.45, 2.75) is 4.34 Å². The van der Waals surface area contributed by atoms with Crippen molar-refractivity contribution in [1.29, 1.82) is 0 Å². The van der Waals surface area contributed by atoms with E-state index in [0.29, 0.717) is 12.3 Å². The molecule has 1 aromatic carbocycles. The van der Waals surface area contributed by atoms with Crippen LogP contribution in [0.5, 0.6) is 0 Å². The molecule has 1 aromatic heterocycles. The number of fused-ring (bicyclic) bond motifs is 1. The number of nitrogens with zero attached hydrogens (tertiary/aromatic N) is 1. The zero-order valence-electron chi connectivity index (χ0n) is 9.05. The van der Waals surface area contributed by atoms with Gasteiger partial charge in [-0.05, 0) is 12.1 Å². The second-order valence-electron chi connectivity index (χ2n) is 3.31. The van der Waals surface area contributed by atoms with Gasteiger partial charge in [-0.1, -0.05) is 23.9 Å². The summed E-state index contributed by atoms with van der Waals surface area (Å²) in [6.45, 7) is 0.275. The lowest BCUT2D eigenvalue weighted by molar-refractivity contribution is -0.118. The van der Waals surface area contributed by atoms with E-state index in [1.54, 1.807) is 11.3 Å². The molecule has 0 aliphatic heterocycles. The Morgan fingerprint density at radius 2 is 2.29 bits per heavy atom. The van der Waals surface area contributed by atoms with Crippen molar-refractivity contribution < 1.29 is 9.90 Å². The fourth-order valence-electron chi connectivity index (χ4n) is 1.29. The van der Waals surface area contributed by atoms with Crippen molar-refractivity contribution in [3.05, 3.63) is 24.3 Å². The number of aliphatic hydroxyl groups excluding tert-OH is 1. The third-order valence-corrected chi connectivity index (χ3v) is 4.21. The molecule has 0 atom stereocenters. The van der Waals surface area contributed by atoms with E-state index in [0.717, 1.165) is 14.6 Å². The first-order valence-corrected chi connectivity index (χ1v) is 6.96. The van der Waals surface area contributed by atoms with E-state index in [9.17, 15) is 4.79 Å². The molecular weight excluding hydrogens is 256 g/mol. The van der Waals surface area contributed by atoms with Crippen LogP contribution in [-0.4, -0.2) is 34.9 Å². The predicted molar refractivity (Wildman–Crippen MR) is 70.4 cm³/mol. The lowest BCUT2D eigenvalue weighted by atomic mass is 10.3. The van der Waals surface area contributed by atoms with Crippen LogP contribution in [0.1, 0.15) is 0 Å². The van der Waals surface area contributed by atoms with Gasteiger partial charge in [-0.25, -0.2) is 4.98 Å². The first kappa shape index (κ1) is 12.3. The number of benzene rings is 1. The van der Waals surface area contributed by atoms with Crippen molar-refractivity contribution in [1.82, 2.24) is 10.3 Å². The van der Waals surface area contributed by atoms with E-state index in [1.165, 1.54) is 11.8 Å². The molecule has 0 unspecified atom stereocenters. The molecule has 0 aliphatic carbocycles. The van der Waals surface area contributed by atoms with Crippen molar-refractivity contribution in [2.75, 3.05) is 18.9 Å². The molecule has 17 heavy (non-hydrogen) atoms. The van der Waals surface area contributed by atoms with Gasteiger partial charge in [0.2, 0.25) is 5.91 Å². The number of carbonyl (C=O) groups is 1. The minimum Gasteiger partial charge on any atom is -0.395 e. The van der Waals surface area contributed by atoms with Crippen LogP contribution in [0.25, 0.3) is 10.2 Å². The van der Waals surface area contributed by atoms with E-state index in [-0.39, 0.29) is 12.5 Å². The van der Waals surface area contributed by atoms with Gasteiger partial charge in [0, 0.05) is 6.54 Å². The maximum Gasteiger partial charge on any atom is 0.230 e. The fraction of sp³-hybridized carbons (Fsp3) is 0.273. The number of amides is 1. The summed E-state index contributed by atoms with van der Waals surface area (Å²) in [6, 6.07) is 7.90. The molecule has 0 radical (unpaired) electrons. The molecule has 0 saturated carbocycles. The van der Waals surface area contributed by atoms with Crippen molar-refractivity contribution >= 4 is 39.2 Å². The van der Waals surface area contributed by atoms with E-state index in [2.05, 4.69) is 10.3 Å². The summed E-state index contributed by atoms with van der Waals surface area (Å²) in [5.41, 5.74) is 0.968. The van der Waals surface area contributed by atoms with Gasteiger partial charge in [-0.2, -0.15) is 0 Å². The Balaban J connectivity index is 1.92. The number of aromatic nitrogens is 1. The first-order valence-electron chi connectivity index (χ1n) is 5.15. The van der Waals surface area contributed by atoms with Crippen LogP contribution in [0.2, 0.25) is 0 Å². The van der Waals surface area contributed by atoms with Crippen LogP contribution in [0.15, 0.2) is 28.6 Å². The monoisotopic (exact) mass is 268 g/mol. The number of carbonyl (C=O) groups excluding carboxylic acids is 1. The van der Waals surface area contributed by atoms with Crippen LogP contribution in [0.4, 0.5) is 0 Å². The highest BCUT2D eigenvalue weighted by Crippen LogP contribution is 2.28. The smallest absolute Gasteiger partial charge is 0.230 e. The Bertz CT molecular complexity index is 480. The molecule has 1 heterocycles. The number of nitrogens with one attached hydrogen (secondary N) is 1.